The molecule has 134 valence electrons. The highest BCUT2D eigenvalue weighted by Crippen LogP contribution is 2.27. The van der Waals surface area contributed by atoms with E-state index in [1.165, 1.54) is 17.0 Å². The second-order valence-corrected chi connectivity index (χ2v) is 7.69. The first-order chi connectivity index (χ1) is 12.1. The molecule has 1 N–H and O–H groups in total. The van der Waals surface area contributed by atoms with E-state index >= 15 is 0 Å². The van der Waals surface area contributed by atoms with Gasteiger partial charge in [-0.25, -0.2) is 0 Å². The van der Waals surface area contributed by atoms with Crippen LogP contribution >= 0.6 is 0 Å². The Bertz CT molecular complexity index is 754. The zero-order valence-corrected chi connectivity index (χ0v) is 15.2. The molecule has 1 fully saturated rings. The summed E-state index contributed by atoms with van der Waals surface area (Å²) in [5, 5.41) is 11.7. The molecular formula is C19H27N5O. The molecule has 1 aliphatic heterocycles. The largest absolute Gasteiger partial charge is 0.342 e. The molecule has 0 saturated carbocycles. The van der Waals surface area contributed by atoms with E-state index in [2.05, 4.69) is 37.9 Å². The molecule has 6 heteroatoms. The van der Waals surface area contributed by atoms with Crippen molar-refractivity contribution >= 4 is 5.91 Å². The van der Waals surface area contributed by atoms with Gasteiger partial charge >= 0.3 is 0 Å². The van der Waals surface area contributed by atoms with E-state index in [4.69, 9.17) is 0 Å². The van der Waals surface area contributed by atoms with Crippen LogP contribution < -0.4 is 0 Å². The standard InChI is InChI=1S/C19H27N5O/c1-13-9-14(2)24(22-13)12-15-5-7-23(8-6-15)19(25)16-3-4-18-17(10-16)11-20-21-18/h9,11,15-16H,3-8,10,12H2,1-2H3,(H,20,21). The summed E-state index contributed by atoms with van der Waals surface area (Å²) in [7, 11) is 0. The number of hydrogen-bond acceptors (Lipinski definition) is 3. The van der Waals surface area contributed by atoms with Crippen LogP contribution in [-0.4, -0.2) is 43.9 Å². The fourth-order valence-electron chi connectivity index (χ4n) is 4.33. The number of likely N-dealkylation sites (tertiary alicyclic amines) is 1. The first-order valence-electron chi connectivity index (χ1n) is 9.41. The molecule has 1 atom stereocenters. The molecule has 6 nitrogen and oxygen atoms in total. The number of aromatic nitrogens is 4. The Morgan fingerprint density at radius 1 is 1.28 bits per heavy atom. The van der Waals surface area contributed by atoms with Crippen molar-refractivity contribution in [3.05, 3.63) is 34.9 Å². The van der Waals surface area contributed by atoms with Gasteiger partial charge in [0, 0.05) is 36.9 Å². The molecule has 0 spiro atoms. The quantitative estimate of drug-likeness (QED) is 0.931. The van der Waals surface area contributed by atoms with Crippen molar-refractivity contribution in [2.45, 2.75) is 52.5 Å². The van der Waals surface area contributed by atoms with E-state index in [9.17, 15) is 4.79 Å². The van der Waals surface area contributed by atoms with Crippen LogP contribution in [0.4, 0.5) is 0 Å². The third-order valence-electron chi connectivity index (χ3n) is 5.83. The topological polar surface area (TPSA) is 66.8 Å². The van der Waals surface area contributed by atoms with Gasteiger partial charge < -0.3 is 4.90 Å². The Morgan fingerprint density at radius 3 is 2.80 bits per heavy atom. The Balaban J connectivity index is 1.31. The molecule has 2 aliphatic rings. The van der Waals surface area contributed by atoms with Gasteiger partial charge in [0.2, 0.25) is 5.91 Å². The molecule has 2 aromatic rings. The van der Waals surface area contributed by atoms with Crippen LogP contribution in [0, 0.1) is 25.7 Å². The number of nitrogens with zero attached hydrogens (tertiary/aromatic N) is 4. The summed E-state index contributed by atoms with van der Waals surface area (Å²) >= 11 is 0. The van der Waals surface area contributed by atoms with Crippen molar-refractivity contribution < 1.29 is 4.79 Å². The maximum absolute atomic E-state index is 12.9. The maximum atomic E-state index is 12.9. The number of fused-ring (bicyclic) bond motifs is 1. The van der Waals surface area contributed by atoms with E-state index in [-0.39, 0.29) is 5.92 Å². The van der Waals surface area contributed by atoms with Gasteiger partial charge in [-0.15, -0.1) is 0 Å². The van der Waals surface area contributed by atoms with Crippen molar-refractivity contribution in [3.8, 4) is 0 Å². The molecule has 3 heterocycles. The smallest absolute Gasteiger partial charge is 0.226 e. The minimum absolute atomic E-state index is 0.137. The second kappa shape index (κ2) is 6.65. The number of hydrogen-bond donors (Lipinski definition) is 1. The SMILES string of the molecule is Cc1cc(C)n(CC2CCN(C(=O)C3CCc4[nH]ncc4C3)CC2)n1. The van der Waals surface area contributed by atoms with E-state index in [0.717, 1.165) is 57.4 Å². The lowest BCUT2D eigenvalue weighted by Gasteiger charge is -2.35. The molecule has 4 rings (SSSR count). The van der Waals surface area contributed by atoms with Gasteiger partial charge in [0.1, 0.15) is 0 Å². The van der Waals surface area contributed by atoms with Crippen LogP contribution in [-0.2, 0) is 24.2 Å². The summed E-state index contributed by atoms with van der Waals surface area (Å²) in [4.78, 5) is 15.0. The van der Waals surface area contributed by atoms with Gasteiger partial charge in [-0.2, -0.15) is 10.2 Å². The Kier molecular flexibility index (Phi) is 4.36. The number of H-pyrrole nitrogens is 1. The fraction of sp³-hybridized carbons (Fsp3) is 0.632. The van der Waals surface area contributed by atoms with Crippen LogP contribution in [0.3, 0.4) is 0 Å². The number of carbonyl (C=O) groups excluding carboxylic acids is 1. The third-order valence-corrected chi connectivity index (χ3v) is 5.83. The lowest BCUT2D eigenvalue weighted by Crippen LogP contribution is -2.43. The molecule has 0 bridgehead atoms. The summed E-state index contributed by atoms with van der Waals surface area (Å²) in [5.41, 5.74) is 4.76. The van der Waals surface area contributed by atoms with Crippen LogP contribution in [0.2, 0.25) is 0 Å². The number of carbonyl (C=O) groups is 1. The minimum Gasteiger partial charge on any atom is -0.342 e. The van der Waals surface area contributed by atoms with Gasteiger partial charge in [0.05, 0.1) is 11.9 Å². The van der Waals surface area contributed by atoms with Crippen molar-refractivity contribution in [3.63, 3.8) is 0 Å². The fourth-order valence-corrected chi connectivity index (χ4v) is 4.33. The number of nitrogens with one attached hydrogen (secondary N) is 1. The second-order valence-electron chi connectivity index (χ2n) is 7.69. The molecular weight excluding hydrogens is 314 g/mol. The zero-order valence-electron chi connectivity index (χ0n) is 15.2. The van der Waals surface area contributed by atoms with Crippen LogP contribution in [0.1, 0.15) is 41.9 Å². The van der Waals surface area contributed by atoms with E-state index in [1.54, 1.807) is 0 Å². The minimum atomic E-state index is 0.137. The maximum Gasteiger partial charge on any atom is 0.226 e. The van der Waals surface area contributed by atoms with Crippen molar-refractivity contribution in [2.24, 2.45) is 11.8 Å². The number of piperidine rings is 1. The van der Waals surface area contributed by atoms with E-state index in [1.807, 2.05) is 13.1 Å². The molecule has 1 saturated heterocycles. The van der Waals surface area contributed by atoms with Gasteiger partial charge in [-0.1, -0.05) is 0 Å². The van der Waals surface area contributed by atoms with Gasteiger partial charge in [0.25, 0.3) is 0 Å². The molecule has 25 heavy (non-hydrogen) atoms. The summed E-state index contributed by atoms with van der Waals surface area (Å²) < 4.78 is 2.12. The Labute approximate surface area is 148 Å². The first-order valence-corrected chi connectivity index (χ1v) is 9.41. The molecule has 1 unspecified atom stereocenters. The number of amides is 1. The first kappa shape index (κ1) is 16.4. The molecule has 0 radical (unpaired) electrons. The van der Waals surface area contributed by atoms with Gasteiger partial charge in [-0.05, 0) is 63.5 Å². The predicted octanol–water partition coefficient (Wildman–Crippen LogP) is 2.27. The van der Waals surface area contributed by atoms with Crippen molar-refractivity contribution in [2.75, 3.05) is 13.1 Å². The summed E-state index contributed by atoms with van der Waals surface area (Å²) in [5.74, 6) is 1.10. The highest BCUT2D eigenvalue weighted by molar-refractivity contribution is 5.79. The lowest BCUT2D eigenvalue weighted by molar-refractivity contribution is -0.137. The van der Waals surface area contributed by atoms with Gasteiger partial charge in [-0.3, -0.25) is 14.6 Å². The Hall–Kier alpha value is -2.11. The normalized spacial score (nSPS) is 21.4. The van der Waals surface area contributed by atoms with Crippen molar-refractivity contribution in [1.82, 2.24) is 24.9 Å². The average molecular weight is 341 g/mol. The number of aryl methyl sites for hydroxylation is 3. The predicted molar refractivity (Wildman–Crippen MR) is 95.1 cm³/mol. The molecule has 0 aromatic carbocycles. The molecule has 1 aliphatic carbocycles. The van der Waals surface area contributed by atoms with Crippen molar-refractivity contribution in [1.29, 1.82) is 0 Å². The lowest BCUT2D eigenvalue weighted by atomic mass is 9.86. The van der Waals surface area contributed by atoms with E-state index in [0.29, 0.717) is 11.8 Å². The molecule has 2 aromatic heterocycles. The highest BCUT2D eigenvalue weighted by Gasteiger charge is 2.31. The summed E-state index contributed by atoms with van der Waals surface area (Å²) in [6.07, 6.45) is 6.77. The Morgan fingerprint density at radius 2 is 2.08 bits per heavy atom. The van der Waals surface area contributed by atoms with Crippen LogP contribution in [0.25, 0.3) is 0 Å². The van der Waals surface area contributed by atoms with Crippen LogP contribution in [0.5, 0.6) is 0 Å². The third kappa shape index (κ3) is 3.34. The zero-order chi connectivity index (χ0) is 17.4. The summed E-state index contributed by atoms with van der Waals surface area (Å²) in [6.45, 7) is 6.91. The van der Waals surface area contributed by atoms with E-state index < -0.39 is 0 Å². The van der Waals surface area contributed by atoms with Gasteiger partial charge in [0.15, 0.2) is 0 Å². The molecule has 1 amide bonds. The average Bonchev–Trinajstić information content (AvgIpc) is 3.20. The van der Waals surface area contributed by atoms with Crippen LogP contribution in [0.15, 0.2) is 12.3 Å². The number of aromatic amines is 1. The highest BCUT2D eigenvalue weighted by atomic mass is 16.2. The summed E-state index contributed by atoms with van der Waals surface area (Å²) in [6, 6.07) is 2.13. The number of rotatable bonds is 3. The monoisotopic (exact) mass is 341 g/mol.